The van der Waals surface area contributed by atoms with E-state index in [1.165, 1.54) is 38.5 Å². The van der Waals surface area contributed by atoms with Crippen molar-refractivity contribution in [2.45, 2.75) is 225 Å². The summed E-state index contributed by atoms with van der Waals surface area (Å²) in [4.78, 5) is 53.9. The van der Waals surface area contributed by atoms with Crippen LogP contribution in [-0.2, 0) is 38.1 Å². The minimum absolute atomic E-state index is 0. The van der Waals surface area contributed by atoms with E-state index in [1.54, 1.807) is 0 Å². The molecule has 9 heteroatoms. The Bertz CT molecular complexity index is 1380. The van der Waals surface area contributed by atoms with Gasteiger partial charge < -0.3 is 24.1 Å². The Morgan fingerprint density at radius 1 is 0.667 bits per heavy atom. The molecule has 352 valence electrons. The Balaban J connectivity index is 0.00000300. The first-order chi connectivity index (χ1) is 25.5. The quantitative estimate of drug-likeness (QED) is 0.0865. The third kappa shape index (κ3) is 10.8. The van der Waals surface area contributed by atoms with E-state index in [1.807, 2.05) is 34.6 Å². The van der Waals surface area contributed by atoms with Crippen LogP contribution >= 0.6 is 0 Å². The average molecular weight is 851 g/mol. The first kappa shape index (κ1) is 55.9. The van der Waals surface area contributed by atoms with Crippen molar-refractivity contribution in [2.24, 2.45) is 63.6 Å². The van der Waals surface area contributed by atoms with Gasteiger partial charge in [-0.3, -0.25) is 14.4 Å². The third-order valence-corrected chi connectivity index (χ3v) is 16.8. The standard InChI is InChI=1S/C45H70O9.6CH4/c1-7-42(4,40(49)54-44(6)32-20-28-18-29(22-32)23-33(44)21-28)14-15-43(5,39(48)53-36-10-17-51-37(36)46)13-12-41(2,3)38(47)52-16-9-8-11-45(50)34-24-30-19-31(26-34)27-35(45)25-30;;;;;;/h28-36,50H,7-27H2,1-6H3;6*1H4. The second kappa shape index (κ2) is 21.0. The molecule has 9 rings (SSSR count). The van der Waals surface area contributed by atoms with Crippen LogP contribution < -0.4 is 0 Å². The molecular weight excluding hydrogens is 757 g/mol. The molecular formula is C51H94O9. The van der Waals surface area contributed by atoms with Crippen molar-refractivity contribution in [3.8, 4) is 0 Å². The molecule has 8 aliphatic carbocycles. The summed E-state index contributed by atoms with van der Waals surface area (Å²) in [6.45, 7) is 12.2. The molecule has 1 heterocycles. The van der Waals surface area contributed by atoms with E-state index < -0.39 is 45.5 Å². The van der Waals surface area contributed by atoms with E-state index in [-0.39, 0.29) is 63.1 Å². The first-order valence-corrected chi connectivity index (χ1v) is 22.0. The maximum Gasteiger partial charge on any atom is 0.347 e. The van der Waals surface area contributed by atoms with Crippen LogP contribution in [0.15, 0.2) is 0 Å². The highest BCUT2D eigenvalue weighted by Crippen LogP contribution is 2.61. The van der Waals surface area contributed by atoms with Crippen molar-refractivity contribution < 1.29 is 43.2 Å². The lowest BCUT2D eigenvalue weighted by molar-refractivity contribution is -0.212. The van der Waals surface area contributed by atoms with E-state index in [2.05, 4.69) is 6.92 Å². The predicted octanol–water partition coefficient (Wildman–Crippen LogP) is 12.3. The summed E-state index contributed by atoms with van der Waals surface area (Å²) in [5.74, 6) is 3.34. The molecule has 9 aliphatic rings. The average Bonchev–Trinajstić information content (AvgIpc) is 3.53. The normalized spacial score (nSPS) is 35.9. The Morgan fingerprint density at radius 2 is 1.13 bits per heavy atom. The predicted molar refractivity (Wildman–Crippen MR) is 243 cm³/mol. The zero-order chi connectivity index (χ0) is 38.7. The number of ether oxygens (including phenoxy) is 4. The van der Waals surface area contributed by atoms with Crippen LogP contribution in [-0.4, -0.2) is 59.5 Å². The van der Waals surface area contributed by atoms with Crippen molar-refractivity contribution >= 4 is 23.9 Å². The number of unbranched alkanes of at least 4 members (excludes halogenated alkanes) is 1. The smallest absolute Gasteiger partial charge is 0.347 e. The van der Waals surface area contributed by atoms with Crippen LogP contribution in [0.1, 0.15) is 208 Å². The van der Waals surface area contributed by atoms with Gasteiger partial charge in [-0.15, -0.1) is 0 Å². The van der Waals surface area contributed by atoms with Crippen molar-refractivity contribution in [2.75, 3.05) is 13.2 Å². The van der Waals surface area contributed by atoms with Gasteiger partial charge in [0.05, 0.1) is 35.1 Å². The molecule has 8 saturated carbocycles. The molecule has 1 saturated heterocycles. The minimum Gasteiger partial charge on any atom is -0.465 e. The number of cyclic esters (lactones) is 1. The topological polar surface area (TPSA) is 125 Å². The summed E-state index contributed by atoms with van der Waals surface area (Å²) < 4.78 is 23.3. The molecule has 9 fully saturated rings. The Morgan fingerprint density at radius 3 is 1.60 bits per heavy atom. The number of aliphatic hydroxyl groups is 1. The number of rotatable bonds is 17. The highest BCUT2D eigenvalue weighted by atomic mass is 16.6. The molecule has 0 aromatic heterocycles. The molecule has 3 atom stereocenters. The van der Waals surface area contributed by atoms with E-state index in [0.29, 0.717) is 75.2 Å². The van der Waals surface area contributed by atoms with Gasteiger partial charge >= 0.3 is 23.9 Å². The summed E-state index contributed by atoms with van der Waals surface area (Å²) in [5.41, 5.74) is -3.72. The molecule has 0 spiro atoms. The Labute approximate surface area is 368 Å². The zero-order valence-corrected chi connectivity index (χ0v) is 34.3. The summed E-state index contributed by atoms with van der Waals surface area (Å²) >= 11 is 0. The van der Waals surface area contributed by atoms with E-state index in [0.717, 1.165) is 62.2 Å². The summed E-state index contributed by atoms with van der Waals surface area (Å²) in [5, 5.41) is 11.7. The van der Waals surface area contributed by atoms with Gasteiger partial charge in [-0.2, -0.15) is 0 Å². The van der Waals surface area contributed by atoms with Gasteiger partial charge in [0.2, 0.25) is 6.10 Å². The fraction of sp³-hybridized carbons (Fsp3) is 0.922. The molecule has 0 amide bonds. The molecule has 1 aliphatic heterocycles. The monoisotopic (exact) mass is 851 g/mol. The first-order valence-electron chi connectivity index (χ1n) is 22.0. The van der Waals surface area contributed by atoms with Gasteiger partial charge in [0, 0.05) is 6.42 Å². The van der Waals surface area contributed by atoms with Gasteiger partial charge in [0.15, 0.2) is 0 Å². The molecule has 0 aromatic carbocycles. The molecule has 1 N–H and O–H groups in total. The van der Waals surface area contributed by atoms with Crippen molar-refractivity contribution in [1.29, 1.82) is 0 Å². The zero-order valence-electron chi connectivity index (χ0n) is 34.3. The second-order valence-corrected chi connectivity index (χ2v) is 21.0. The van der Waals surface area contributed by atoms with Crippen LogP contribution in [0.2, 0.25) is 0 Å². The molecule has 0 radical (unpaired) electrons. The van der Waals surface area contributed by atoms with Gasteiger partial charge in [0.25, 0.3) is 0 Å². The highest BCUT2D eigenvalue weighted by Gasteiger charge is 2.59. The number of carbonyl (C=O) groups is 4. The third-order valence-electron chi connectivity index (χ3n) is 16.8. The van der Waals surface area contributed by atoms with E-state index in [9.17, 15) is 24.3 Å². The van der Waals surface area contributed by atoms with Crippen molar-refractivity contribution in [1.82, 2.24) is 0 Å². The Hall–Kier alpha value is -2.16. The summed E-state index contributed by atoms with van der Waals surface area (Å²) in [6.07, 6.45) is 15.7. The van der Waals surface area contributed by atoms with E-state index >= 15 is 0 Å². The van der Waals surface area contributed by atoms with Crippen LogP contribution in [0.4, 0.5) is 0 Å². The van der Waals surface area contributed by atoms with Crippen LogP contribution in [0, 0.1) is 63.6 Å². The lowest BCUT2D eigenvalue weighted by Gasteiger charge is -2.59. The summed E-state index contributed by atoms with van der Waals surface area (Å²) in [7, 11) is 0. The van der Waals surface area contributed by atoms with Gasteiger partial charge in [0.1, 0.15) is 5.60 Å². The largest absolute Gasteiger partial charge is 0.465 e. The van der Waals surface area contributed by atoms with Crippen LogP contribution in [0.25, 0.3) is 0 Å². The van der Waals surface area contributed by atoms with E-state index in [4.69, 9.17) is 18.9 Å². The maximum absolute atomic E-state index is 14.2. The molecule has 8 bridgehead atoms. The second-order valence-electron chi connectivity index (χ2n) is 21.0. The molecule has 60 heavy (non-hydrogen) atoms. The highest BCUT2D eigenvalue weighted by molar-refractivity contribution is 5.83. The molecule has 0 aromatic rings. The van der Waals surface area contributed by atoms with Gasteiger partial charge in [-0.1, -0.05) is 51.5 Å². The fourth-order valence-electron chi connectivity index (χ4n) is 12.7. The lowest BCUT2D eigenvalue weighted by atomic mass is 9.49. The lowest BCUT2D eigenvalue weighted by Crippen LogP contribution is -2.58. The maximum atomic E-state index is 14.2. The minimum atomic E-state index is -1.06. The molecule has 9 nitrogen and oxygen atoms in total. The van der Waals surface area contributed by atoms with Crippen molar-refractivity contribution in [3.63, 3.8) is 0 Å². The number of esters is 4. The fourth-order valence-corrected chi connectivity index (χ4v) is 12.7. The van der Waals surface area contributed by atoms with Gasteiger partial charge in [-0.25, -0.2) is 4.79 Å². The number of carbonyl (C=O) groups excluding carboxylic acids is 4. The Kier molecular flexibility index (Phi) is 19.6. The molecule has 3 unspecified atom stereocenters. The van der Waals surface area contributed by atoms with Gasteiger partial charge in [-0.05, 0) is 198 Å². The van der Waals surface area contributed by atoms with Crippen molar-refractivity contribution in [3.05, 3.63) is 0 Å². The summed E-state index contributed by atoms with van der Waals surface area (Å²) in [6, 6.07) is 0. The van der Waals surface area contributed by atoms with Crippen LogP contribution in [0.3, 0.4) is 0 Å². The van der Waals surface area contributed by atoms with Crippen LogP contribution in [0.5, 0.6) is 0 Å². The SMILES string of the molecule is C.C.C.C.C.C.CCC(C)(CCC(C)(CCC(C)(C)C(=O)OCCCCC1(O)C2CC3CC(C2)CC1C3)C(=O)OC1CCOC1=O)C(=O)OC1(C)C2CC3CC(C2)CC1C3. The number of hydrogen-bond acceptors (Lipinski definition) is 9. The number of hydrogen-bond donors (Lipinski definition) is 1.